The smallest absolute Gasteiger partial charge is 0.155 e. The first-order chi connectivity index (χ1) is 11.3. The Hall–Kier alpha value is -2.82. The molecule has 4 heterocycles. The van der Waals surface area contributed by atoms with Gasteiger partial charge in [-0.3, -0.25) is 0 Å². The van der Waals surface area contributed by atoms with Crippen LogP contribution in [0.2, 0.25) is 0 Å². The third-order valence-corrected chi connectivity index (χ3v) is 4.67. The van der Waals surface area contributed by atoms with Crippen LogP contribution in [-0.2, 0) is 13.0 Å². The Balaban J connectivity index is 1.63. The van der Waals surface area contributed by atoms with Gasteiger partial charge in [0.2, 0.25) is 0 Å². The fourth-order valence-corrected chi connectivity index (χ4v) is 3.62. The van der Waals surface area contributed by atoms with E-state index >= 15 is 0 Å². The fourth-order valence-electron chi connectivity index (χ4n) is 3.62. The molecule has 5 nitrogen and oxygen atoms in total. The minimum absolute atomic E-state index is 0.885. The van der Waals surface area contributed by atoms with Crippen LogP contribution >= 0.6 is 0 Å². The number of H-pyrrole nitrogens is 1. The molecule has 0 amide bonds. The Bertz CT molecular complexity index is 1030. The molecule has 0 atom stereocenters. The average molecular weight is 303 g/mol. The topological polar surface area (TPSA) is 49.2 Å². The van der Waals surface area contributed by atoms with Gasteiger partial charge in [-0.2, -0.15) is 5.10 Å². The molecule has 5 rings (SSSR count). The summed E-state index contributed by atoms with van der Waals surface area (Å²) in [5, 5.41) is 5.82. The van der Waals surface area contributed by atoms with E-state index in [9.17, 15) is 0 Å². The number of nitrogens with zero attached hydrogens (tertiary/aromatic N) is 4. The van der Waals surface area contributed by atoms with Gasteiger partial charge in [0.1, 0.15) is 5.52 Å². The lowest BCUT2D eigenvalue weighted by Crippen LogP contribution is -2.31. The van der Waals surface area contributed by atoms with Crippen molar-refractivity contribution in [3.8, 4) is 0 Å². The van der Waals surface area contributed by atoms with Crippen molar-refractivity contribution in [2.45, 2.75) is 19.9 Å². The molecule has 0 bridgehead atoms. The van der Waals surface area contributed by atoms with Gasteiger partial charge in [0.25, 0.3) is 0 Å². The molecule has 1 aromatic carbocycles. The molecule has 0 unspecified atom stereocenters. The molecule has 1 N–H and O–H groups in total. The Morgan fingerprint density at radius 3 is 3.09 bits per heavy atom. The summed E-state index contributed by atoms with van der Waals surface area (Å²) in [7, 11) is 0. The number of para-hydroxylation sites is 1. The van der Waals surface area contributed by atoms with Gasteiger partial charge in [0, 0.05) is 54.1 Å². The first-order valence-electron chi connectivity index (χ1n) is 7.94. The van der Waals surface area contributed by atoms with Gasteiger partial charge in [-0.1, -0.05) is 18.2 Å². The Morgan fingerprint density at radius 1 is 1.22 bits per heavy atom. The van der Waals surface area contributed by atoms with Gasteiger partial charge >= 0.3 is 0 Å². The SMILES string of the molecule is Cc1cc2c(N3CCc4[nH]c5ccccc5c4C3)nccn2n1. The van der Waals surface area contributed by atoms with E-state index in [1.807, 2.05) is 23.8 Å². The third kappa shape index (κ3) is 1.86. The van der Waals surface area contributed by atoms with E-state index in [0.717, 1.165) is 36.5 Å². The molecule has 0 spiro atoms. The predicted molar refractivity (Wildman–Crippen MR) is 90.8 cm³/mol. The van der Waals surface area contributed by atoms with Crippen LogP contribution in [0.4, 0.5) is 5.82 Å². The zero-order valence-corrected chi connectivity index (χ0v) is 13.0. The van der Waals surface area contributed by atoms with Crippen molar-refractivity contribution in [1.29, 1.82) is 0 Å². The second-order valence-corrected chi connectivity index (χ2v) is 6.17. The zero-order valence-electron chi connectivity index (χ0n) is 13.0. The van der Waals surface area contributed by atoms with E-state index in [-0.39, 0.29) is 0 Å². The van der Waals surface area contributed by atoms with E-state index in [2.05, 4.69) is 50.3 Å². The molecule has 0 fully saturated rings. The first kappa shape index (κ1) is 12.7. The van der Waals surface area contributed by atoms with Crippen molar-refractivity contribution in [3.05, 3.63) is 59.7 Å². The van der Waals surface area contributed by atoms with E-state index in [0.29, 0.717) is 0 Å². The Morgan fingerprint density at radius 2 is 2.13 bits per heavy atom. The zero-order chi connectivity index (χ0) is 15.4. The van der Waals surface area contributed by atoms with Crippen molar-refractivity contribution < 1.29 is 0 Å². The molecule has 3 aromatic heterocycles. The molecule has 0 aliphatic carbocycles. The highest BCUT2D eigenvalue weighted by atomic mass is 15.3. The number of nitrogens with one attached hydrogen (secondary N) is 1. The molecule has 114 valence electrons. The minimum Gasteiger partial charge on any atom is -0.358 e. The van der Waals surface area contributed by atoms with Crippen LogP contribution in [0.5, 0.6) is 0 Å². The summed E-state index contributed by atoms with van der Waals surface area (Å²) in [5.41, 5.74) is 6.08. The van der Waals surface area contributed by atoms with E-state index in [4.69, 9.17) is 0 Å². The first-order valence-corrected chi connectivity index (χ1v) is 7.94. The van der Waals surface area contributed by atoms with Crippen LogP contribution in [0.15, 0.2) is 42.7 Å². The molecule has 0 saturated heterocycles. The van der Waals surface area contributed by atoms with Crippen molar-refractivity contribution >= 4 is 22.2 Å². The van der Waals surface area contributed by atoms with E-state index < -0.39 is 0 Å². The quantitative estimate of drug-likeness (QED) is 0.588. The molecule has 1 aliphatic heterocycles. The monoisotopic (exact) mass is 303 g/mol. The van der Waals surface area contributed by atoms with Crippen LogP contribution < -0.4 is 4.90 Å². The average Bonchev–Trinajstić information content (AvgIpc) is 3.13. The number of fused-ring (bicyclic) bond motifs is 4. The molecule has 0 saturated carbocycles. The molecule has 5 heteroatoms. The highest BCUT2D eigenvalue weighted by Gasteiger charge is 2.23. The van der Waals surface area contributed by atoms with Gasteiger partial charge in [0.05, 0.1) is 5.69 Å². The normalized spacial score (nSPS) is 14.6. The summed E-state index contributed by atoms with van der Waals surface area (Å²) in [4.78, 5) is 10.6. The lowest BCUT2D eigenvalue weighted by molar-refractivity contribution is 0.715. The lowest BCUT2D eigenvalue weighted by atomic mass is 10.0. The van der Waals surface area contributed by atoms with Crippen molar-refractivity contribution in [2.75, 3.05) is 11.4 Å². The van der Waals surface area contributed by atoms with E-state index in [1.54, 1.807) is 0 Å². The minimum atomic E-state index is 0.885. The number of aromatic nitrogens is 4. The van der Waals surface area contributed by atoms with Gasteiger partial charge in [-0.25, -0.2) is 9.50 Å². The largest absolute Gasteiger partial charge is 0.358 e. The second-order valence-electron chi connectivity index (χ2n) is 6.17. The van der Waals surface area contributed by atoms with Crippen molar-refractivity contribution in [3.63, 3.8) is 0 Å². The second kappa shape index (κ2) is 4.59. The summed E-state index contributed by atoms with van der Waals surface area (Å²) in [6.07, 6.45) is 4.76. The maximum atomic E-state index is 4.64. The maximum absolute atomic E-state index is 4.64. The number of anilines is 1. The summed E-state index contributed by atoms with van der Waals surface area (Å²) >= 11 is 0. The van der Waals surface area contributed by atoms with Gasteiger partial charge in [0.15, 0.2) is 5.82 Å². The molecule has 4 aromatic rings. The molecule has 1 aliphatic rings. The number of aromatic amines is 1. The molecular weight excluding hydrogens is 286 g/mol. The van der Waals surface area contributed by atoms with Crippen LogP contribution in [0, 0.1) is 6.92 Å². The van der Waals surface area contributed by atoms with E-state index in [1.165, 1.54) is 22.2 Å². The highest BCUT2D eigenvalue weighted by molar-refractivity contribution is 5.85. The summed E-state index contributed by atoms with van der Waals surface area (Å²) < 4.78 is 1.92. The van der Waals surface area contributed by atoms with Gasteiger partial charge < -0.3 is 9.88 Å². The van der Waals surface area contributed by atoms with Crippen LogP contribution in [0.1, 0.15) is 17.0 Å². The molecular formula is C18H17N5. The third-order valence-electron chi connectivity index (χ3n) is 4.67. The lowest BCUT2D eigenvalue weighted by Gasteiger charge is -2.28. The standard InChI is InChI=1S/C18H17N5/c1-12-10-17-18(19-7-9-23(17)21-12)22-8-6-16-14(11-22)13-4-2-3-5-15(13)20-16/h2-5,7,9-10,20H,6,8,11H2,1H3. The van der Waals surface area contributed by atoms with Gasteiger partial charge in [-0.05, 0) is 19.1 Å². The number of hydrogen-bond acceptors (Lipinski definition) is 3. The number of rotatable bonds is 1. The highest BCUT2D eigenvalue weighted by Crippen LogP contribution is 2.31. The molecule has 0 radical (unpaired) electrons. The van der Waals surface area contributed by atoms with Crippen LogP contribution in [0.3, 0.4) is 0 Å². The Labute approximate surface area is 133 Å². The maximum Gasteiger partial charge on any atom is 0.155 e. The number of aryl methyl sites for hydroxylation is 1. The predicted octanol–water partition coefficient (Wildman–Crippen LogP) is 3.08. The Kier molecular flexibility index (Phi) is 2.53. The summed E-state index contributed by atoms with van der Waals surface area (Å²) in [5.74, 6) is 1.02. The number of hydrogen-bond donors (Lipinski definition) is 1. The summed E-state index contributed by atoms with van der Waals surface area (Å²) in [6, 6.07) is 10.6. The number of benzene rings is 1. The summed E-state index contributed by atoms with van der Waals surface area (Å²) in [6.45, 7) is 3.87. The van der Waals surface area contributed by atoms with Crippen LogP contribution in [0.25, 0.3) is 16.4 Å². The molecule has 23 heavy (non-hydrogen) atoms. The van der Waals surface area contributed by atoms with Crippen molar-refractivity contribution in [1.82, 2.24) is 19.6 Å². The van der Waals surface area contributed by atoms with Gasteiger partial charge in [-0.15, -0.1) is 0 Å². The van der Waals surface area contributed by atoms with Crippen LogP contribution in [-0.4, -0.2) is 26.1 Å². The van der Waals surface area contributed by atoms with Crippen molar-refractivity contribution in [2.24, 2.45) is 0 Å². The fraction of sp³-hybridized carbons (Fsp3) is 0.222.